The molecule has 0 aromatic carbocycles. The van der Waals surface area contributed by atoms with Crippen molar-refractivity contribution in [2.24, 2.45) is 0 Å². The SMILES string of the molecule is C[C@H]1CCCCN1C(=O)CN1CCN(CC(=O)NC2(C#N)CCCC2)CC1. The van der Waals surface area contributed by atoms with E-state index in [2.05, 4.69) is 28.1 Å². The Balaban J connectivity index is 1.39. The summed E-state index contributed by atoms with van der Waals surface area (Å²) in [5, 5.41) is 12.4. The molecule has 0 spiro atoms. The maximum atomic E-state index is 12.6. The third kappa shape index (κ3) is 5.20. The fraction of sp³-hybridized carbons (Fsp3) is 0.850. The van der Waals surface area contributed by atoms with E-state index in [9.17, 15) is 14.9 Å². The smallest absolute Gasteiger partial charge is 0.236 e. The quantitative estimate of drug-likeness (QED) is 0.774. The van der Waals surface area contributed by atoms with Gasteiger partial charge in [-0.2, -0.15) is 5.26 Å². The average molecular weight is 376 g/mol. The summed E-state index contributed by atoms with van der Waals surface area (Å²) in [6.45, 7) is 7.06. The summed E-state index contributed by atoms with van der Waals surface area (Å²) in [6, 6.07) is 2.67. The second-order valence-electron chi connectivity index (χ2n) is 8.43. The summed E-state index contributed by atoms with van der Waals surface area (Å²) in [5.41, 5.74) is -0.642. The number of nitrogens with zero attached hydrogens (tertiary/aromatic N) is 4. The molecule has 2 heterocycles. The lowest BCUT2D eigenvalue weighted by atomic mass is 10.00. The predicted octanol–water partition coefficient (Wildman–Crippen LogP) is 0.958. The predicted molar refractivity (Wildman–Crippen MR) is 103 cm³/mol. The lowest BCUT2D eigenvalue weighted by Gasteiger charge is -2.38. The van der Waals surface area contributed by atoms with Gasteiger partial charge >= 0.3 is 0 Å². The summed E-state index contributed by atoms with van der Waals surface area (Å²) in [5.74, 6) is 0.190. The van der Waals surface area contributed by atoms with Gasteiger partial charge in [-0.3, -0.25) is 19.4 Å². The molecule has 7 nitrogen and oxygen atoms in total. The van der Waals surface area contributed by atoms with Crippen molar-refractivity contribution in [2.45, 2.75) is 63.5 Å². The van der Waals surface area contributed by atoms with Gasteiger partial charge in [-0.05, 0) is 51.9 Å². The van der Waals surface area contributed by atoms with E-state index in [1.165, 1.54) is 6.42 Å². The van der Waals surface area contributed by atoms with Crippen LogP contribution in [0.4, 0.5) is 0 Å². The highest BCUT2D eigenvalue weighted by molar-refractivity contribution is 5.79. The maximum Gasteiger partial charge on any atom is 0.236 e. The lowest BCUT2D eigenvalue weighted by Crippen LogP contribution is -2.54. The molecule has 2 amide bonds. The van der Waals surface area contributed by atoms with Crippen molar-refractivity contribution >= 4 is 11.8 Å². The van der Waals surface area contributed by atoms with Crippen molar-refractivity contribution in [3.05, 3.63) is 0 Å². The molecule has 0 bridgehead atoms. The normalized spacial score (nSPS) is 26.5. The number of piperidine rings is 1. The largest absolute Gasteiger partial charge is 0.339 e. The van der Waals surface area contributed by atoms with Crippen LogP contribution in [0.5, 0.6) is 0 Å². The van der Waals surface area contributed by atoms with Crippen LogP contribution in [0.3, 0.4) is 0 Å². The monoisotopic (exact) mass is 375 g/mol. The van der Waals surface area contributed by atoms with Crippen LogP contribution >= 0.6 is 0 Å². The molecule has 3 rings (SSSR count). The fourth-order valence-corrected chi connectivity index (χ4v) is 4.61. The highest BCUT2D eigenvalue weighted by Crippen LogP contribution is 2.28. The fourth-order valence-electron chi connectivity index (χ4n) is 4.61. The number of hydrogen-bond acceptors (Lipinski definition) is 5. The van der Waals surface area contributed by atoms with E-state index < -0.39 is 5.54 Å². The zero-order valence-corrected chi connectivity index (χ0v) is 16.6. The minimum atomic E-state index is -0.642. The molecule has 0 radical (unpaired) electrons. The van der Waals surface area contributed by atoms with Gasteiger partial charge in [0.15, 0.2) is 0 Å². The Morgan fingerprint density at radius 1 is 1.00 bits per heavy atom. The first kappa shape index (κ1) is 20.1. The Kier molecular flexibility index (Phi) is 6.72. The number of carbonyl (C=O) groups excluding carboxylic acids is 2. The van der Waals surface area contributed by atoms with Crippen molar-refractivity contribution in [3.8, 4) is 6.07 Å². The van der Waals surface area contributed by atoms with E-state index in [1.54, 1.807) is 0 Å². The molecule has 3 fully saturated rings. The molecule has 0 aromatic heterocycles. The Hall–Kier alpha value is -1.65. The van der Waals surface area contributed by atoms with Crippen LogP contribution in [0, 0.1) is 11.3 Å². The molecule has 150 valence electrons. The summed E-state index contributed by atoms with van der Waals surface area (Å²) in [6.07, 6.45) is 6.99. The molecule has 1 N–H and O–H groups in total. The molecule has 7 heteroatoms. The molecule has 1 saturated carbocycles. The van der Waals surface area contributed by atoms with E-state index in [0.29, 0.717) is 19.1 Å². The topological polar surface area (TPSA) is 79.7 Å². The molecule has 2 aliphatic heterocycles. The van der Waals surface area contributed by atoms with Gasteiger partial charge in [-0.15, -0.1) is 0 Å². The van der Waals surface area contributed by atoms with E-state index >= 15 is 0 Å². The van der Waals surface area contributed by atoms with Gasteiger partial charge in [0.25, 0.3) is 0 Å². The Morgan fingerprint density at radius 3 is 2.22 bits per heavy atom. The highest BCUT2D eigenvalue weighted by Gasteiger charge is 2.35. The summed E-state index contributed by atoms with van der Waals surface area (Å²) in [4.78, 5) is 31.3. The standard InChI is InChI=1S/C20H33N5O2/c1-17-6-2-5-9-25(17)19(27)15-24-12-10-23(11-13-24)14-18(26)22-20(16-21)7-3-4-8-20/h17H,2-15H2,1H3,(H,22,26)/t17-/m0/s1. The molecule has 0 unspecified atom stereocenters. The first-order chi connectivity index (χ1) is 13.0. The van der Waals surface area contributed by atoms with Gasteiger partial charge in [0.2, 0.25) is 11.8 Å². The number of carbonyl (C=O) groups is 2. The van der Waals surface area contributed by atoms with Crippen LogP contribution in [0.1, 0.15) is 51.9 Å². The van der Waals surface area contributed by atoms with Gasteiger partial charge in [0.1, 0.15) is 5.54 Å². The molecule has 3 aliphatic rings. The zero-order valence-electron chi connectivity index (χ0n) is 16.6. The third-order valence-electron chi connectivity index (χ3n) is 6.36. The third-order valence-corrected chi connectivity index (χ3v) is 6.36. The highest BCUT2D eigenvalue weighted by atomic mass is 16.2. The van der Waals surface area contributed by atoms with Crippen LogP contribution < -0.4 is 5.32 Å². The molecular weight excluding hydrogens is 342 g/mol. The van der Waals surface area contributed by atoms with Gasteiger partial charge in [0, 0.05) is 38.8 Å². The van der Waals surface area contributed by atoms with Crippen LogP contribution in [0.15, 0.2) is 0 Å². The number of nitriles is 1. The first-order valence-electron chi connectivity index (χ1n) is 10.5. The van der Waals surface area contributed by atoms with E-state index in [-0.39, 0.29) is 11.8 Å². The van der Waals surface area contributed by atoms with Crippen LogP contribution in [0.25, 0.3) is 0 Å². The second-order valence-corrected chi connectivity index (χ2v) is 8.43. The summed E-state index contributed by atoms with van der Waals surface area (Å²) >= 11 is 0. The van der Waals surface area contributed by atoms with E-state index in [4.69, 9.17) is 0 Å². The van der Waals surface area contributed by atoms with Crippen molar-refractivity contribution in [1.82, 2.24) is 20.0 Å². The molecular formula is C20H33N5O2. The first-order valence-corrected chi connectivity index (χ1v) is 10.5. The Bertz CT molecular complexity index is 573. The van der Waals surface area contributed by atoms with Gasteiger partial charge < -0.3 is 10.2 Å². The van der Waals surface area contributed by atoms with Crippen molar-refractivity contribution in [1.29, 1.82) is 5.26 Å². The van der Waals surface area contributed by atoms with Crippen LogP contribution in [-0.4, -0.2) is 83.9 Å². The van der Waals surface area contributed by atoms with Crippen molar-refractivity contribution < 1.29 is 9.59 Å². The number of amides is 2. The van der Waals surface area contributed by atoms with E-state index in [0.717, 1.165) is 71.2 Å². The molecule has 2 saturated heterocycles. The molecule has 1 atom stereocenters. The van der Waals surface area contributed by atoms with E-state index in [1.807, 2.05) is 4.90 Å². The van der Waals surface area contributed by atoms with Crippen LogP contribution in [0.2, 0.25) is 0 Å². The Morgan fingerprint density at radius 2 is 1.63 bits per heavy atom. The van der Waals surface area contributed by atoms with Gasteiger partial charge in [-0.25, -0.2) is 0 Å². The van der Waals surface area contributed by atoms with Crippen molar-refractivity contribution in [3.63, 3.8) is 0 Å². The lowest BCUT2D eigenvalue weighted by molar-refractivity contribution is -0.136. The molecule has 1 aliphatic carbocycles. The summed E-state index contributed by atoms with van der Waals surface area (Å²) < 4.78 is 0. The van der Waals surface area contributed by atoms with Gasteiger partial charge in [0.05, 0.1) is 19.2 Å². The number of rotatable bonds is 5. The number of hydrogen-bond donors (Lipinski definition) is 1. The summed E-state index contributed by atoms with van der Waals surface area (Å²) in [7, 11) is 0. The zero-order chi connectivity index (χ0) is 19.3. The number of likely N-dealkylation sites (tertiary alicyclic amines) is 1. The average Bonchev–Trinajstić information content (AvgIpc) is 3.12. The minimum Gasteiger partial charge on any atom is -0.339 e. The number of piperazine rings is 1. The van der Waals surface area contributed by atoms with Crippen molar-refractivity contribution in [2.75, 3.05) is 45.8 Å². The maximum absolute atomic E-state index is 12.6. The molecule has 27 heavy (non-hydrogen) atoms. The number of nitrogens with one attached hydrogen (secondary N) is 1. The van der Waals surface area contributed by atoms with Crippen LogP contribution in [-0.2, 0) is 9.59 Å². The van der Waals surface area contributed by atoms with Gasteiger partial charge in [-0.1, -0.05) is 0 Å². The molecule has 0 aromatic rings. The minimum absolute atomic E-state index is 0.0508. The second kappa shape index (κ2) is 9.03. The Labute approximate surface area is 162 Å².